The van der Waals surface area contributed by atoms with E-state index in [1.54, 1.807) is 17.0 Å². The number of likely N-dealkylation sites (tertiary alicyclic amines) is 1. The molecule has 1 aromatic rings. The van der Waals surface area contributed by atoms with Crippen LogP contribution in [0.25, 0.3) is 0 Å². The van der Waals surface area contributed by atoms with Crippen molar-refractivity contribution in [3.8, 4) is 0 Å². The van der Waals surface area contributed by atoms with Gasteiger partial charge in [-0.05, 0) is 30.9 Å². The van der Waals surface area contributed by atoms with Crippen LogP contribution < -0.4 is 0 Å². The van der Waals surface area contributed by atoms with Gasteiger partial charge in [0.1, 0.15) is 5.56 Å². The van der Waals surface area contributed by atoms with Crippen molar-refractivity contribution in [2.24, 2.45) is 5.92 Å². The number of piperidine rings is 1. The summed E-state index contributed by atoms with van der Waals surface area (Å²) in [6.07, 6.45) is 0.868. The van der Waals surface area contributed by atoms with E-state index in [9.17, 15) is 14.9 Å². The van der Waals surface area contributed by atoms with Crippen LogP contribution in [0.3, 0.4) is 0 Å². The lowest BCUT2D eigenvalue weighted by molar-refractivity contribution is -0.385. The number of hydrogen-bond donors (Lipinski definition) is 0. The lowest BCUT2D eigenvalue weighted by Crippen LogP contribution is -2.43. The van der Waals surface area contributed by atoms with E-state index in [-0.39, 0.29) is 17.2 Å². The van der Waals surface area contributed by atoms with E-state index in [2.05, 4.69) is 22.9 Å². The van der Waals surface area contributed by atoms with Crippen molar-refractivity contribution >= 4 is 27.5 Å². The van der Waals surface area contributed by atoms with Gasteiger partial charge in [-0.2, -0.15) is 0 Å². The normalized spacial score (nSPS) is 22.6. The van der Waals surface area contributed by atoms with Crippen LogP contribution in [0.4, 0.5) is 5.69 Å². The number of rotatable bonds is 2. The van der Waals surface area contributed by atoms with Crippen LogP contribution in [0.15, 0.2) is 18.2 Å². The first kappa shape index (κ1) is 15.0. The largest absolute Gasteiger partial charge is 0.338 e. The molecule has 1 heterocycles. The van der Waals surface area contributed by atoms with Crippen molar-refractivity contribution in [2.75, 3.05) is 13.1 Å². The fraction of sp³-hybridized carbons (Fsp3) is 0.500. The summed E-state index contributed by atoms with van der Waals surface area (Å²) in [5, 5.41) is 11.1. The Hall–Kier alpha value is -1.43. The molecule has 0 aliphatic carbocycles. The molecule has 2 rings (SSSR count). The predicted molar refractivity (Wildman–Crippen MR) is 80.2 cm³/mol. The summed E-state index contributed by atoms with van der Waals surface area (Å²) >= 11 is 3.59. The average molecular weight is 341 g/mol. The summed E-state index contributed by atoms with van der Waals surface area (Å²) in [5.41, 5.74) is 0.923. The molecule has 1 fully saturated rings. The van der Waals surface area contributed by atoms with E-state index in [0.29, 0.717) is 23.8 Å². The van der Waals surface area contributed by atoms with Gasteiger partial charge < -0.3 is 4.90 Å². The molecule has 2 unspecified atom stereocenters. The number of aryl methyl sites for hydroxylation is 1. The van der Waals surface area contributed by atoms with Crippen LogP contribution >= 0.6 is 15.9 Å². The van der Waals surface area contributed by atoms with E-state index in [4.69, 9.17) is 0 Å². The van der Waals surface area contributed by atoms with E-state index < -0.39 is 4.92 Å². The fourth-order valence-corrected chi connectivity index (χ4v) is 2.82. The minimum absolute atomic E-state index is 0.116. The number of carbonyl (C=O) groups is 1. The predicted octanol–water partition coefficient (Wildman–Crippen LogP) is 3.15. The third kappa shape index (κ3) is 3.00. The van der Waals surface area contributed by atoms with Crippen LogP contribution in [-0.4, -0.2) is 33.6 Å². The van der Waals surface area contributed by atoms with Gasteiger partial charge in [0, 0.05) is 24.0 Å². The second kappa shape index (κ2) is 5.91. The standard InChI is InChI=1S/C14H17BrN2O3/c1-9-3-4-13(17(19)20)11(7-9)14(18)16-6-5-12(15)10(2)8-16/h3-4,7,10,12H,5-6,8H2,1-2H3. The molecule has 1 aromatic carbocycles. The molecule has 0 radical (unpaired) electrons. The van der Waals surface area contributed by atoms with Gasteiger partial charge in [-0.3, -0.25) is 14.9 Å². The number of nitro benzene ring substituents is 1. The molecular formula is C14H17BrN2O3. The minimum atomic E-state index is -0.493. The van der Waals surface area contributed by atoms with Gasteiger partial charge in [-0.1, -0.05) is 28.9 Å². The lowest BCUT2D eigenvalue weighted by atomic mass is 9.98. The smallest absolute Gasteiger partial charge is 0.282 e. The Balaban J connectivity index is 2.29. The van der Waals surface area contributed by atoms with Crippen molar-refractivity contribution in [3.63, 3.8) is 0 Å². The van der Waals surface area contributed by atoms with Crippen molar-refractivity contribution in [3.05, 3.63) is 39.4 Å². The molecule has 0 N–H and O–H groups in total. The minimum Gasteiger partial charge on any atom is -0.338 e. The van der Waals surface area contributed by atoms with Crippen molar-refractivity contribution in [1.29, 1.82) is 0 Å². The molecule has 1 amide bonds. The van der Waals surface area contributed by atoms with Gasteiger partial charge in [-0.15, -0.1) is 0 Å². The highest BCUT2D eigenvalue weighted by atomic mass is 79.9. The molecule has 0 bridgehead atoms. The molecule has 20 heavy (non-hydrogen) atoms. The summed E-state index contributed by atoms with van der Waals surface area (Å²) in [6, 6.07) is 4.66. The Morgan fingerprint density at radius 2 is 2.20 bits per heavy atom. The maximum atomic E-state index is 12.5. The SMILES string of the molecule is Cc1ccc([N+](=O)[O-])c(C(=O)N2CCC(Br)C(C)C2)c1. The van der Waals surface area contributed by atoms with Gasteiger partial charge in [0.15, 0.2) is 0 Å². The number of halogens is 1. The van der Waals surface area contributed by atoms with Crippen LogP contribution in [-0.2, 0) is 0 Å². The number of alkyl halides is 1. The number of carbonyl (C=O) groups excluding carboxylic acids is 1. The summed E-state index contributed by atoms with van der Waals surface area (Å²) in [6.45, 7) is 5.15. The quantitative estimate of drug-likeness (QED) is 0.472. The summed E-state index contributed by atoms with van der Waals surface area (Å²) in [5.74, 6) is 0.100. The number of benzene rings is 1. The molecule has 5 nitrogen and oxygen atoms in total. The van der Waals surface area contributed by atoms with Crippen LogP contribution in [0, 0.1) is 23.0 Å². The topological polar surface area (TPSA) is 63.5 Å². The Kier molecular flexibility index (Phi) is 4.42. The first-order valence-electron chi connectivity index (χ1n) is 6.58. The molecule has 1 aliphatic heterocycles. The molecule has 0 aromatic heterocycles. The first-order valence-corrected chi connectivity index (χ1v) is 7.50. The Morgan fingerprint density at radius 3 is 2.80 bits per heavy atom. The lowest BCUT2D eigenvalue weighted by Gasteiger charge is -2.34. The highest BCUT2D eigenvalue weighted by molar-refractivity contribution is 9.09. The molecule has 0 saturated carbocycles. The molecule has 1 aliphatic rings. The second-order valence-electron chi connectivity index (χ2n) is 5.31. The third-order valence-corrected chi connectivity index (χ3v) is 5.03. The van der Waals surface area contributed by atoms with Crippen molar-refractivity contribution in [1.82, 2.24) is 4.90 Å². The number of amides is 1. The zero-order valence-corrected chi connectivity index (χ0v) is 13.1. The van der Waals surface area contributed by atoms with Crippen molar-refractivity contribution < 1.29 is 9.72 Å². The maximum Gasteiger partial charge on any atom is 0.282 e. The molecule has 1 saturated heterocycles. The van der Waals surface area contributed by atoms with E-state index in [1.165, 1.54) is 6.07 Å². The molecule has 2 atom stereocenters. The van der Waals surface area contributed by atoms with Gasteiger partial charge in [0.25, 0.3) is 11.6 Å². The molecule has 108 valence electrons. The second-order valence-corrected chi connectivity index (χ2v) is 6.49. The summed E-state index contributed by atoms with van der Waals surface area (Å²) < 4.78 is 0. The highest BCUT2D eigenvalue weighted by Crippen LogP contribution is 2.27. The monoisotopic (exact) mass is 340 g/mol. The van der Waals surface area contributed by atoms with E-state index in [0.717, 1.165) is 12.0 Å². The van der Waals surface area contributed by atoms with E-state index in [1.807, 2.05) is 6.92 Å². The Morgan fingerprint density at radius 1 is 1.50 bits per heavy atom. The summed E-state index contributed by atoms with van der Waals surface area (Å²) in [4.78, 5) is 25.2. The zero-order chi connectivity index (χ0) is 14.9. The first-order chi connectivity index (χ1) is 9.40. The van der Waals surface area contributed by atoms with Gasteiger partial charge in [0.05, 0.1) is 4.92 Å². The van der Waals surface area contributed by atoms with Gasteiger partial charge in [0.2, 0.25) is 0 Å². The van der Waals surface area contributed by atoms with Crippen LogP contribution in [0.5, 0.6) is 0 Å². The van der Waals surface area contributed by atoms with Gasteiger partial charge >= 0.3 is 0 Å². The Labute approximate surface area is 126 Å². The highest BCUT2D eigenvalue weighted by Gasteiger charge is 2.30. The Bertz CT molecular complexity index is 547. The number of hydrogen-bond acceptors (Lipinski definition) is 3. The number of nitrogens with zero attached hydrogens (tertiary/aromatic N) is 2. The average Bonchev–Trinajstić information content (AvgIpc) is 2.40. The zero-order valence-electron chi connectivity index (χ0n) is 11.5. The number of nitro groups is 1. The third-order valence-electron chi connectivity index (χ3n) is 3.67. The van der Waals surface area contributed by atoms with Crippen molar-refractivity contribution in [2.45, 2.75) is 25.1 Å². The molecule has 0 spiro atoms. The molecular weight excluding hydrogens is 324 g/mol. The van der Waals surface area contributed by atoms with E-state index >= 15 is 0 Å². The van der Waals surface area contributed by atoms with Crippen LogP contribution in [0.1, 0.15) is 29.3 Å². The maximum absolute atomic E-state index is 12.5. The van der Waals surface area contributed by atoms with Crippen LogP contribution in [0.2, 0.25) is 0 Å². The fourth-order valence-electron chi connectivity index (χ4n) is 2.45. The molecule has 6 heteroatoms. The summed E-state index contributed by atoms with van der Waals surface area (Å²) in [7, 11) is 0. The van der Waals surface area contributed by atoms with Gasteiger partial charge in [-0.25, -0.2) is 0 Å².